The Bertz CT molecular complexity index is 203. The molecule has 0 aromatic rings. The molecule has 0 aliphatic rings. The summed E-state index contributed by atoms with van der Waals surface area (Å²) in [6.07, 6.45) is 5.53. The summed E-state index contributed by atoms with van der Waals surface area (Å²) in [5, 5.41) is 3.18. The minimum Gasteiger partial charge on any atom is -0.382 e. The average molecular weight is 193 g/mol. The molecule has 80 valence electrons. The summed E-state index contributed by atoms with van der Waals surface area (Å²) in [6.45, 7) is 16.9. The van der Waals surface area contributed by atoms with Crippen molar-refractivity contribution in [3.63, 3.8) is 0 Å². The van der Waals surface area contributed by atoms with Crippen LogP contribution in [0.2, 0.25) is 0 Å². The molecule has 0 heterocycles. The van der Waals surface area contributed by atoms with E-state index in [0.717, 1.165) is 17.8 Å². The highest BCUT2D eigenvalue weighted by Gasteiger charge is 2.08. The number of allylic oxidation sites excluding steroid dienone is 1. The van der Waals surface area contributed by atoms with E-state index in [1.54, 1.807) is 0 Å². The van der Waals surface area contributed by atoms with Gasteiger partial charge in [-0.25, -0.2) is 0 Å². The second-order valence-electron chi connectivity index (χ2n) is 3.72. The highest BCUT2D eigenvalue weighted by molar-refractivity contribution is 5.25. The van der Waals surface area contributed by atoms with E-state index >= 15 is 0 Å². The van der Waals surface area contributed by atoms with Gasteiger partial charge in [0.1, 0.15) is 0 Å². The summed E-state index contributed by atoms with van der Waals surface area (Å²) in [4.78, 5) is 0. The maximum Gasteiger partial charge on any atom is 0.0328 e. The van der Waals surface area contributed by atoms with Crippen molar-refractivity contribution < 1.29 is 0 Å². The average Bonchev–Trinajstić information content (AvgIpc) is 2.21. The number of hydrogen-bond acceptors (Lipinski definition) is 1. The zero-order valence-corrected chi connectivity index (χ0v) is 9.60. The van der Waals surface area contributed by atoms with Crippen molar-refractivity contribution in [1.82, 2.24) is 5.32 Å². The Balaban J connectivity index is 3.90. The van der Waals surface area contributed by atoms with Gasteiger partial charge >= 0.3 is 0 Å². The van der Waals surface area contributed by atoms with Gasteiger partial charge in [0.15, 0.2) is 0 Å². The topological polar surface area (TPSA) is 12.0 Å². The monoisotopic (exact) mass is 193 g/mol. The lowest BCUT2D eigenvalue weighted by Crippen LogP contribution is -2.16. The molecule has 0 fully saturated rings. The van der Waals surface area contributed by atoms with Crippen LogP contribution in [0.25, 0.3) is 0 Å². The largest absolute Gasteiger partial charge is 0.382 e. The van der Waals surface area contributed by atoms with Gasteiger partial charge in [0.05, 0.1) is 0 Å². The second-order valence-corrected chi connectivity index (χ2v) is 3.72. The molecule has 1 N–H and O–H groups in total. The van der Waals surface area contributed by atoms with Crippen LogP contribution < -0.4 is 5.32 Å². The van der Waals surface area contributed by atoms with Gasteiger partial charge in [-0.1, -0.05) is 45.9 Å². The molecule has 0 radical (unpaired) electrons. The summed E-state index contributed by atoms with van der Waals surface area (Å²) in [6, 6.07) is 0. The van der Waals surface area contributed by atoms with Crippen molar-refractivity contribution in [1.29, 1.82) is 0 Å². The lowest BCUT2D eigenvalue weighted by molar-refractivity contribution is 0.572. The lowest BCUT2D eigenvalue weighted by Gasteiger charge is -2.17. The molecule has 0 aromatic carbocycles. The summed E-state index contributed by atoms with van der Waals surface area (Å²) in [5.41, 5.74) is 2.08. The van der Waals surface area contributed by atoms with Crippen molar-refractivity contribution in [2.45, 2.75) is 33.1 Å². The number of unbranched alkanes of at least 4 members (excludes halogenated alkanes) is 1. The summed E-state index contributed by atoms with van der Waals surface area (Å²) in [7, 11) is 0. The van der Waals surface area contributed by atoms with Crippen molar-refractivity contribution in [3.05, 3.63) is 37.1 Å². The Kier molecular flexibility index (Phi) is 6.91. The van der Waals surface area contributed by atoms with Gasteiger partial charge in [0.25, 0.3) is 0 Å². The van der Waals surface area contributed by atoms with Gasteiger partial charge in [-0.2, -0.15) is 0 Å². The zero-order chi connectivity index (χ0) is 11.0. The van der Waals surface area contributed by atoms with Gasteiger partial charge < -0.3 is 5.32 Å². The Morgan fingerprint density at radius 1 is 1.43 bits per heavy atom. The van der Waals surface area contributed by atoms with Crippen molar-refractivity contribution >= 4 is 0 Å². The van der Waals surface area contributed by atoms with Crippen LogP contribution in [-0.4, -0.2) is 6.54 Å². The smallest absolute Gasteiger partial charge is 0.0328 e. The van der Waals surface area contributed by atoms with E-state index in [1.807, 2.05) is 6.08 Å². The van der Waals surface area contributed by atoms with Gasteiger partial charge in [-0.05, 0) is 17.9 Å². The van der Waals surface area contributed by atoms with Gasteiger partial charge in [0, 0.05) is 12.2 Å². The first-order valence-corrected chi connectivity index (χ1v) is 5.36. The lowest BCUT2D eigenvalue weighted by atomic mass is 9.95. The third-order valence-electron chi connectivity index (χ3n) is 2.43. The predicted octanol–water partition coefficient (Wildman–Crippen LogP) is 3.66. The Labute approximate surface area is 88.6 Å². The van der Waals surface area contributed by atoms with Crippen LogP contribution in [0.15, 0.2) is 37.1 Å². The fourth-order valence-electron chi connectivity index (χ4n) is 1.29. The molecule has 1 unspecified atom stereocenters. The summed E-state index contributed by atoms with van der Waals surface area (Å²) in [5.74, 6) is 0.528. The number of rotatable bonds is 8. The molecule has 0 spiro atoms. The SMILES string of the molecule is C=CCNC(=C)C(=C)C(C)CCCC. The Hall–Kier alpha value is -0.980. The quantitative estimate of drug-likeness (QED) is 0.458. The third kappa shape index (κ3) is 4.90. The predicted molar refractivity (Wildman–Crippen MR) is 65.2 cm³/mol. The first-order valence-electron chi connectivity index (χ1n) is 5.36. The maximum absolute atomic E-state index is 4.06. The van der Waals surface area contributed by atoms with Gasteiger partial charge in [-0.15, -0.1) is 6.58 Å². The van der Waals surface area contributed by atoms with E-state index in [-0.39, 0.29) is 0 Å². The first-order chi connectivity index (χ1) is 6.63. The van der Waals surface area contributed by atoms with E-state index in [2.05, 4.69) is 38.9 Å². The molecule has 0 saturated carbocycles. The fraction of sp³-hybridized carbons (Fsp3) is 0.538. The molecular weight excluding hydrogens is 170 g/mol. The van der Waals surface area contributed by atoms with Crippen LogP contribution in [0.1, 0.15) is 33.1 Å². The molecule has 0 aliphatic carbocycles. The minimum absolute atomic E-state index is 0.528. The van der Waals surface area contributed by atoms with Crippen molar-refractivity contribution in [3.8, 4) is 0 Å². The molecule has 1 nitrogen and oxygen atoms in total. The van der Waals surface area contributed by atoms with Crippen LogP contribution >= 0.6 is 0 Å². The third-order valence-corrected chi connectivity index (χ3v) is 2.43. The van der Waals surface area contributed by atoms with Crippen molar-refractivity contribution in [2.75, 3.05) is 6.54 Å². The number of nitrogens with one attached hydrogen (secondary N) is 1. The van der Waals surface area contributed by atoms with Crippen LogP contribution in [-0.2, 0) is 0 Å². The van der Waals surface area contributed by atoms with E-state index < -0.39 is 0 Å². The molecule has 0 rings (SSSR count). The van der Waals surface area contributed by atoms with Gasteiger partial charge in [-0.3, -0.25) is 0 Å². The molecule has 0 amide bonds. The van der Waals surface area contributed by atoms with E-state index in [0.29, 0.717) is 5.92 Å². The first kappa shape index (κ1) is 13.0. The zero-order valence-electron chi connectivity index (χ0n) is 9.60. The molecule has 0 saturated heterocycles. The summed E-state index contributed by atoms with van der Waals surface area (Å²) < 4.78 is 0. The Morgan fingerprint density at radius 3 is 2.57 bits per heavy atom. The van der Waals surface area contributed by atoms with Crippen molar-refractivity contribution in [2.24, 2.45) is 5.92 Å². The van der Waals surface area contributed by atoms with Crippen LogP contribution in [0.4, 0.5) is 0 Å². The highest BCUT2D eigenvalue weighted by atomic mass is 14.9. The van der Waals surface area contributed by atoms with Gasteiger partial charge in [0.2, 0.25) is 0 Å². The molecule has 14 heavy (non-hydrogen) atoms. The van der Waals surface area contributed by atoms with Crippen LogP contribution in [0.5, 0.6) is 0 Å². The number of hydrogen-bond donors (Lipinski definition) is 1. The minimum atomic E-state index is 0.528. The van der Waals surface area contributed by atoms with E-state index in [4.69, 9.17) is 0 Å². The fourth-order valence-corrected chi connectivity index (χ4v) is 1.29. The van der Waals surface area contributed by atoms with Crippen LogP contribution in [0, 0.1) is 5.92 Å². The summed E-state index contributed by atoms with van der Waals surface area (Å²) >= 11 is 0. The van der Waals surface area contributed by atoms with E-state index in [1.165, 1.54) is 19.3 Å². The molecule has 0 aliphatic heterocycles. The molecule has 0 bridgehead atoms. The molecular formula is C13H23N. The highest BCUT2D eigenvalue weighted by Crippen LogP contribution is 2.20. The molecule has 1 heteroatoms. The molecule has 1 atom stereocenters. The standard InChI is InChI=1S/C13H23N/c1-6-8-9-11(3)12(4)13(5)14-10-7-2/h7,11,14H,2,4-6,8-10H2,1,3H3. The van der Waals surface area contributed by atoms with Crippen LogP contribution in [0.3, 0.4) is 0 Å². The maximum atomic E-state index is 4.06. The Morgan fingerprint density at radius 2 is 2.07 bits per heavy atom. The normalized spacial score (nSPS) is 11.9. The second kappa shape index (κ2) is 7.43. The molecule has 0 aromatic heterocycles. The van der Waals surface area contributed by atoms with E-state index in [9.17, 15) is 0 Å².